The fourth-order valence-corrected chi connectivity index (χ4v) is 9.27. The average Bonchev–Trinajstić information content (AvgIpc) is 3.25. The summed E-state index contributed by atoms with van der Waals surface area (Å²) in [7, 11) is 2.46. The number of hydrogen-bond acceptors (Lipinski definition) is 2. The number of rotatable bonds is 9. The molecule has 0 fully saturated rings. The van der Waals surface area contributed by atoms with Crippen molar-refractivity contribution in [2.24, 2.45) is 0 Å². The molecule has 0 unspecified atom stereocenters. The molecule has 0 bridgehead atoms. The van der Waals surface area contributed by atoms with Crippen LogP contribution in [0, 0.1) is 0 Å². The zero-order valence-corrected chi connectivity index (χ0v) is 33.0. The Morgan fingerprint density at radius 3 is 1.93 bits per heavy atom. The number of nitrogens with one attached hydrogen (secondary N) is 1. The molecule has 3 heteroatoms. The Balaban J connectivity index is 1.16. The van der Waals surface area contributed by atoms with Crippen molar-refractivity contribution in [1.29, 1.82) is 0 Å². The van der Waals surface area contributed by atoms with Gasteiger partial charge in [0, 0.05) is 33.7 Å². The third kappa shape index (κ3) is 6.23. The zero-order valence-electron chi connectivity index (χ0n) is 33.0. The van der Waals surface area contributed by atoms with Gasteiger partial charge in [-0.05, 0) is 116 Å². The standard InChI is InChI=1S/C54H46BN2/c1-4-5-8-18-36-29-45(44-25-15-16-28-49(44)56-43-32-41(37-19-9-6-10-20-37)31-42(33-43)38-21-11-7-12-22-38)52-51(30-36)57-50-35-40-24-14-13-23-39(40)34-47(50)54(2,3)46-26-17-27-48(55-52)53(46)57/h6-7,9-17,19-35,56H,4-5,8,18H2,1-3H3. The first kappa shape index (κ1) is 35.1. The molecule has 0 atom stereocenters. The summed E-state index contributed by atoms with van der Waals surface area (Å²) >= 11 is 0. The van der Waals surface area contributed by atoms with Crippen LogP contribution in [0.2, 0.25) is 0 Å². The Labute approximate surface area is 338 Å². The van der Waals surface area contributed by atoms with Crippen molar-refractivity contribution in [3.05, 3.63) is 187 Å². The molecule has 275 valence electrons. The van der Waals surface area contributed by atoms with Gasteiger partial charge in [-0.15, -0.1) is 0 Å². The third-order valence-corrected chi connectivity index (χ3v) is 12.2. The second-order valence-corrected chi connectivity index (χ2v) is 16.3. The number of anilines is 5. The number of benzene rings is 8. The third-order valence-electron chi connectivity index (χ3n) is 12.2. The van der Waals surface area contributed by atoms with Crippen LogP contribution in [0.4, 0.5) is 28.4 Å². The van der Waals surface area contributed by atoms with Crippen LogP contribution in [0.25, 0.3) is 44.2 Å². The van der Waals surface area contributed by atoms with Crippen molar-refractivity contribution in [3.63, 3.8) is 0 Å². The van der Waals surface area contributed by atoms with Crippen molar-refractivity contribution in [2.45, 2.75) is 51.9 Å². The van der Waals surface area contributed by atoms with E-state index in [0.29, 0.717) is 0 Å². The van der Waals surface area contributed by atoms with E-state index in [1.54, 1.807) is 0 Å². The van der Waals surface area contributed by atoms with E-state index in [1.165, 1.54) is 108 Å². The van der Waals surface area contributed by atoms with Gasteiger partial charge in [-0.25, -0.2) is 0 Å². The summed E-state index contributed by atoms with van der Waals surface area (Å²) in [5.74, 6) is 0. The minimum Gasteiger partial charge on any atom is -0.355 e. The van der Waals surface area contributed by atoms with E-state index in [2.05, 4.69) is 208 Å². The molecule has 0 amide bonds. The number of aryl methyl sites for hydroxylation is 1. The van der Waals surface area contributed by atoms with Crippen LogP contribution in [-0.4, -0.2) is 7.28 Å². The highest BCUT2D eigenvalue weighted by Crippen LogP contribution is 2.53. The quantitative estimate of drug-likeness (QED) is 0.117. The van der Waals surface area contributed by atoms with Crippen molar-refractivity contribution < 1.29 is 0 Å². The van der Waals surface area contributed by atoms with E-state index in [4.69, 9.17) is 0 Å². The Hall–Kier alpha value is -6.32. The highest BCUT2D eigenvalue weighted by atomic mass is 15.2. The van der Waals surface area contributed by atoms with Gasteiger partial charge in [0.2, 0.25) is 0 Å². The van der Waals surface area contributed by atoms with Crippen LogP contribution < -0.4 is 21.1 Å². The molecule has 2 aliphatic rings. The predicted octanol–water partition coefficient (Wildman–Crippen LogP) is 13.4. The first-order valence-electron chi connectivity index (χ1n) is 20.6. The van der Waals surface area contributed by atoms with Crippen molar-refractivity contribution >= 4 is 57.4 Å². The van der Waals surface area contributed by atoms with Gasteiger partial charge in [0.15, 0.2) is 7.28 Å². The van der Waals surface area contributed by atoms with Gasteiger partial charge in [-0.2, -0.15) is 0 Å². The van der Waals surface area contributed by atoms with Gasteiger partial charge in [0.1, 0.15) is 0 Å². The number of hydrogen-bond donors (Lipinski definition) is 1. The maximum absolute atomic E-state index is 3.95. The molecule has 2 heterocycles. The molecule has 0 aromatic heterocycles. The first-order chi connectivity index (χ1) is 28.0. The highest BCUT2D eigenvalue weighted by Gasteiger charge is 2.41. The van der Waals surface area contributed by atoms with E-state index in [-0.39, 0.29) is 5.41 Å². The van der Waals surface area contributed by atoms with Gasteiger partial charge in [0.25, 0.3) is 0 Å². The average molecular weight is 734 g/mol. The van der Waals surface area contributed by atoms with E-state index in [9.17, 15) is 0 Å². The molecular weight excluding hydrogens is 687 g/mol. The molecule has 0 spiro atoms. The van der Waals surface area contributed by atoms with Crippen LogP contribution in [0.5, 0.6) is 0 Å². The Kier molecular flexibility index (Phi) is 8.82. The van der Waals surface area contributed by atoms with E-state index in [0.717, 1.165) is 17.8 Å². The molecule has 0 saturated carbocycles. The van der Waals surface area contributed by atoms with Gasteiger partial charge >= 0.3 is 0 Å². The largest absolute Gasteiger partial charge is 0.355 e. The fraction of sp³-hybridized carbons (Fsp3) is 0.148. The fourth-order valence-electron chi connectivity index (χ4n) is 9.27. The molecular formula is C54H46BN2. The van der Waals surface area contributed by atoms with Crippen LogP contribution in [-0.2, 0) is 11.8 Å². The summed E-state index contributed by atoms with van der Waals surface area (Å²) < 4.78 is 0. The summed E-state index contributed by atoms with van der Waals surface area (Å²) in [4.78, 5) is 2.60. The molecule has 8 aromatic carbocycles. The summed E-state index contributed by atoms with van der Waals surface area (Å²) in [6, 6.07) is 62.7. The number of nitrogens with zero attached hydrogens (tertiary/aromatic N) is 1. The minimum absolute atomic E-state index is 0.155. The lowest BCUT2D eigenvalue weighted by atomic mass is 9.55. The Morgan fingerprint density at radius 1 is 0.544 bits per heavy atom. The zero-order chi connectivity index (χ0) is 38.5. The molecule has 1 radical (unpaired) electrons. The molecule has 0 saturated heterocycles. The normalized spacial score (nSPS) is 13.4. The van der Waals surface area contributed by atoms with Crippen LogP contribution in [0.15, 0.2) is 170 Å². The highest BCUT2D eigenvalue weighted by molar-refractivity contribution is 6.73. The lowest BCUT2D eigenvalue weighted by Gasteiger charge is -2.46. The molecule has 8 aromatic rings. The Bertz CT molecular complexity index is 2730. The number of unbranched alkanes of at least 4 members (excludes halogenated alkanes) is 2. The summed E-state index contributed by atoms with van der Waals surface area (Å²) in [6.07, 6.45) is 4.63. The topological polar surface area (TPSA) is 15.3 Å². The second-order valence-electron chi connectivity index (χ2n) is 16.3. The van der Waals surface area contributed by atoms with Crippen molar-refractivity contribution in [3.8, 4) is 33.4 Å². The summed E-state index contributed by atoms with van der Waals surface area (Å²) in [6.45, 7) is 7.08. The second kappa shape index (κ2) is 14.3. The number of fused-ring (bicyclic) bond motifs is 5. The van der Waals surface area contributed by atoms with E-state index < -0.39 is 0 Å². The van der Waals surface area contributed by atoms with Gasteiger partial charge < -0.3 is 10.2 Å². The van der Waals surface area contributed by atoms with Gasteiger partial charge in [-0.3, -0.25) is 0 Å². The van der Waals surface area contributed by atoms with Crippen LogP contribution >= 0.6 is 0 Å². The van der Waals surface area contributed by atoms with Gasteiger partial charge in [-0.1, -0.05) is 166 Å². The van der Waals surface area contributed by atoms with Gasteiger partial charge in [0.05, 0.1) is 5.69 Å². The summed E-state index contributed by atoms with van der Waals surface area (Å²) in [5.41, 5.74) is 19.7. The molecule has 2 aliphatic heterocycles. The first-order valence-corrected chi connectivity index (χ1v) is 20.6. The number of para-hydroxylation sites is 2. The molecule has 10 rings (SSSR count). The monoisotopic (exact) mass is 733 g/mol. The molecule has 0 aliphatic carbocycles. The minimum atomic E-state index is -0.155. The maximum Gasteiger partial charge on any atom is 0.197 e. The molecule has 1 N–H and O–H groups in total. The lowest BCUT2D eigenvalue weighted by molar-refractivity contribution is 0.633. The Morgan fingerprint density at radius 2 is 1.21 bits per heavy atom. The van der Waals surface area contributed by atoms with E-state index in [1.807, 2.05) is 0 Å². The van der Waals surface area contributed by atoms with Crippen molar-refractivity contribution in [1.82, 2.24) is 0 Å². The summed E-state index contributed by atoms with van der Waals surface area (Å²) in [5, 5.41) is 6.51. The molecule has 2 nitrogen and oxygen atoms in total. The smallest absolute Gasteiger partial charge is 0.197 e. The van der Waals surface area contributed by atoms with Crippen LogP contribution in [0.3, 0.4) is 0 Å². The van der Waals surface area contributed by atoms with Crippen LogP contribution in [0.1, 0.15) is 56.7 Å². The van der Waals surface area contributed by atoms with E-state index >= 15 is 0 Å². The van der Waals surface area contributed by atoms with Crippen molar-refractivity contribution in [2.75, 3.05) is 10.2 Å². The lowest BCUT2D eigenvalue weighted by Crippen LogP contribution is -2.45. The molecule has 57 heavy (non-hydrogen) atoms. The maximum atomic E-state index is 3.95. The SMILES string of the molecule is CCCCCc1cc(-c2ccccc2Nc2cc(-c3ccccc3)cc(-c3ccccc3)c2)c2c(c1)N1c3cc4ccccc4cc3C(C)(C)c3cccc(c31)[B]2. The predicted molar refractivity (Wildman–Crippen MR) is 245 cm³/mol.